The van der Waals surface area contributed by atoms with Crippen molar-refractivity contribution < 1.29 is 25.8 Å². The molecule has 0 aliphatic rings. The maximum Gasteiger partial charge on any atom is 0.534 e. The number of hydrogen-bond acceptors (Lipinski definition) is 4. The Hall–Kier alpha value is -0.100. The molecule has 0 atom stereocenters. The first-order chi connectivity index (χ1) is 7.13. The van der Waals surface area contributed by atoms with Crippen molar-refractivity contribution in [3.05, 3.63) is 20.4 Å². The molecule has 1 aromatic heterocycles. The fourth-order valence-electron chi connectivity index (χ4n) is 0.627. The molecule has 0 radical (unpaired) electrons. The van der Waals surface area contributed by atoms with Crippen LogP contribution in [0.5, 0.6) is 5.75 Å². The molecule has 0 saturated heterocycles. The van der Waals surface area contributed by atoms with Crippen LogP contribution in [0.1, 0.15) is 0 Å². The molecule has 0 saturated carbocycles. The van der Waals surface area contributed by atoms with Gasteiger partial charge in [-0.15, -0.1) is 0 Å². The molecule has 16 heavy (non-hydrogen) atoms. The van der Waals surface area contributed by atoms with E-state index in [2.05, 4.69) is 25.1 Å². The maximum absolute atomic E-state index is 12.0. The zero-order valence-corrected chi connectivity index (χ0v) is 11.7. The Balaban J connectivity index is 3.07. The number of rotatable bonds is 2. The van der Waals surface area contributed by atoms with Crippen molar-refractivity contribution in [2.24, 2.45) is 0 Å². The molecule has 0 aliphatic carbocycles. The molecule has 0 aromatic carbocycles. The molecular formula is C6H2BrF3INO3S. The molecular weight excluding hydrogens is 430 g/mol. The molecule has 0 spiro atoms. The fraction of sp³-hybridized carbons (Fsp3) is 0.167. The molecule has 0 amide bonds. The third-order valence-electron chi connectivity index (χ3n) is 1.26. The average molecular weight is 432 g/mol. The predicted octanol–water partition coefficient (Wildman–Crippen LogP) is 2.68. The SMILES string of the molecule is O=S(=O)(Oc1ccc(I)nc1Br)C(F)(F)F. The van der Waals surface area contributed by atoms with Gasteiger partial charge >= 0.3 is 15.6 Å². The van der Waals surface area contributed by atoms with Crippen LogP contribution in [0.4, 0.5) is 13.2 Å². The van der Waals surface area contributed by atoms with Crippen LogP contribution in [-0.4, -0.2) is 18.9 Å². The van der Waals surface area contributed by atoms with Crippen LogP contribution in [0.2, 0.25) is 0 Å². The Morgan fingerprint density at radius 3 is 2.38 bits per heavy atom. The highest BCUT2D eigenvalue weighted by molar-refractivity contribution is 14.1. The van der Waals surface area contributed by atoms with Gasteiger partial charge in [-0.1, -0.05) is 0 Å². The second kappa shape index (κ2) is 4.64. The molecule has 10 heteroatoms. The lowest BCUT2D eigenvalue weighted by Crippen LogP contribution is -2.28. The van der Waals surface area contributed by atoms with E-state index >= 15 is 0 Å². The Morgan fingerprint density at radius 2 is 1.94 bits per heavy atom. The van der Waals surface area contributed by atoms with Crippen LogP contribution in [0.3, 0.4) is 0 Å². The van der Waals surface area contributed by atoms with E-state index in [1.807, 2.05) is 22.6 Å². The zero-order chi connectivity index (χ0) is 12.6. The number of hydrogen-bond donors (Lipinski definition) is 0. The van der Waals surface area contributed by atoms with E-state index in [0.717, 1.165) is 6.07 Å². The Bertz CT molecular complexity index is 504. The van der Waals surface area contributed by atoms with Gasteiger partial charge < -0.3 is 4.18 Å². The predicted molar refractivity (Wildman–Crippen MR) is 60.3 cm³/mol. The molecule has 4 nitrogen and oxygen atoms in total. The summed E-state index contributed by atoms with van der Waals surface area (Å²) >= 11 is 4.60. The first kappa shape index (κ1) is 14.0. The van der Waals surface area contributed by atoms with Gasteiger partial charge in [0, 0.05) is 0 Å². The smallest absolute Gasteiger partial charge is 0.373 e. The van der Waals surface area contributed by atoms with Crippen LogP contribution in [0.15, 0.2) is 16.7 Å². The summed E-state index contributed by atoms with van der Waals surface area (Å²) in [5.41, 5.74) is -5.46. The van der Waals surface area contributed by atoms with Crippen LogP contribution in [-0.2, 0) is 10.1 Å². The van der Waals surface area contributed by atoms with Crippen LogP contribution in [0, 0.1) is 3.70 Å². The average Bonchev–Trinajstić information content (AvgIpc) is 2.08. The van der Waals surface area contributed by atoms with Crippen molar-refractivity contribution >= 4 is 48.6 Å². The number of alkyl halides is 3. The highest BCUT2D eigenvalue weighted by Crippen LogP contribution is 2.30. The molecule has 1 aromatic rings. The van der Waals surface area contributed by atoms with Crippen molar-refractivity contribution in [1.82, 2.24) is 4.98 Å². The number of pyridine rings is 1. The zero-order valence-electron chi connectivity index (χ0n) is 7.12. The molecule has 1 rings (SSSR count). The van der Waals surface area contributed by atoms with Gasteiger partial charge in [0.1, 0.15) is 3.70 Å². The van der Waals surface area contributed by atoms with Crippen molar-refractivity contribution in [3.63, 3.8) is 0 Å². The molecule has 0 fully saturated rings. The molecule has 0 bridgehead atoms. The van der Waals surface area contributed by atoms with Gasteiger partial charge in [0.05, 0.1) is 0 Å². The van der Waals surface area contributed by atoms with E-state index in [1.165, 1.54) is 6.07 Å². The first-order valence-electron chi connectivity index (χ1n) is 3.46. The Labute approximate surface area is 111 Å². The Kier molecular flexibility index (Phi) is 4.05. The van der Waals surface area contributed by atoms with E-state index in [9.17, 15) is 21.6 Å². The van der Waals surface area contributed by atoms with Gasteiger partial charge in [0.25, 0.3) is 0 Å². The highest BCUT2D eigenvalue weighted by atomic mass is 127. The van der Waals surface area contributed by atoms with Crippen molar-refractivity contribution in [1.29, 1.82) is 0 Å². The van der Waals surface area contributed by atoms with Gasteiger partial charge in [-0.05, 0) is 50.7 Å². The second-order valence-electron chi connectivity index (χ2n) is 2.41. The summed E-state index contributed by atoms with van der Waals surface area (Å²) in [6.07, 6.45) is 0. The summed E-state index contributed by atoms with van der Waals surface area (Å²) < 4.78 is 61.5. The molecule has 90 valence electrons. The van der Waals surface area contributed by atoms with Crippen LogP contribution < -0.4 is 4.18 Å². The largest absolute Gasteiger partial charge is 0.534 e. The quantitative estimate of drug-likeness (QED) is 0.312. The van der Waals surface area contributed by atoms with Crippen molar-refractivity contribution in [2.75, 3.05) is 0 Å². The van der Waals surface area contributed by atoms with Gasteiger partial charge in [-0.2, -0.15) is 21.6 Å². The summed E-state index contributed by atoms with van der Waals surface area (Å²) in [6, 6.07) is 2.38. The number of aromatic nitrogens is 1. The molecule has 1 heterocycles. The van der Waals surface area contributed by atoms with Gasteiger partial charge in [-0.3, -0.25) is 0 Å². The summed E-state index contributed by atoms with van der Waals surface area (Å²) in [5.74, 6) is -0.516. The summed E-state index contributed by atoms with van der Waals surface area (Å²) in [4.78, 5) is 3.69. The number of nitrogens with zero attached hydrogens (tertiary/aromatic N) is 1. The van der Waals surface area contributed by atoms with Gasteiger partial charge in [0.15, 0.2) is 10.4 Å². The second-order valence-corrected chi connectivity index (χ2v) is 5.80. The normalized spacial score (nSPS) is 12.6. The third-order valence-corrected chi connectivity index (χ3v) is 3.40. The van der Waals surface area contributed by atoms with Crippen LogP contribution >= 0.6 is 38.5 Å². The lowest BCUT2D eigenvalue weighted by molar-refractivity contribution is -0.0500. The third kappa shape index (κ3) is 3.20. The molecule has 0 aliphatic heterocycles. The van der Waals surface area contributed by atoms with E-state index in [0.29, 0.717) is 3.70 Å². The minimum absolute atomic E-state index is 0.118. The minimum atomic E-state index is -5.66. The lowest BCUT2D eigenvalue weighted by Gasteiger charge is -2.09. The minimum Gasteiger partial charge on any atom is -0.373 e. The summed E-state index contributed by atoms with van der Waals surface area (Å²) in [5, 5.41) is 0. The summed E-state index contributed by atoms with van der Waals surface area (Å²) in [6.45, 7) is 0. The number of halogens is 5. The van der Waals surface area contributed by atoms with Gasteiger partial charge in [0.2, 0.25) is 0 Å². The van der Waals surface area contributed by atoms with Crippen LogP contribution in [0.25, 0.3) is 0 Å². The standard InChI is InChI=1S/C6H2BrF3INO3S/c7-5-3(1-2-4(11)12-5)15-16(13,14)6(8,9)10/h1-2H. The van der Waals surface area contributed by atoms with E-state index in [1.54, 1.807) is 0 Å². The van der Waals surface area contributed by atoms with Crippen molar-refractivity contribution in [2.45, 2.75) is 5.51 Å². The van der Waals surface area contributed by atoms with E-state index < -0.39 is 21.4 Å². The van der Waals surface area contributed by atoms with E-state index in [4.69, 9.17) is 0 Å². The van der Waals surface area contributed by atoms with Crippen molar-refractivity contribution in [3.8, 4) is 5.75 Å². The summed E-state index contributed by atoms with van der Waals surface area (Å²) in [7, 11) is -5.66. The fourth-order valence-corrected chi connectivity index (χ4v) is 2.36. The van der Waals surface area contributed by atoms with Gasteiger partial charge in [-0.25, -0.2) is 4.98 Å². The Morgan fingerprint density at radius 1 is 1.38 bits per heavy atom. The topological polar surface area (TPSA) is 56.3 Å². The maximum atomic E-state index is 12.0. The highest BCUT2D eigenvalue weighted by Gasteiger charge is 2.48. The molecule has 0 unspecified atom stereocenters. The van der Waals surface area contributed by atoms with E-state index in [-0.39, 0.29) is 4.60 Å². The lowest BCUT2D eigenvalue weighted by atomic mass is 10.5. The first-order valence-corrected chi connectivity index (χ1v) is 6.74. The molecule has 0 N–H and O–H groups in total. The monoisotopic (exact) mass is 431 g/mol.